The summed E-state index contributed by atoms with van der Waals surface area (Å²) in [7, 11) is 3.14. The first-order valence-corrected chi connectivity index (χ1v) is 7.27. The van der Waals surface area contributed by atoms with Crippen molar-refractivity contribution in [2.45, 2.75) is 18.8 Å². The Morgan fingerprint density at radius 1 is 1.00 bits per heavy atom. The highest BCUT2D eigenvalue weighted by Crippen LogP contribution is 2.40. The molecule has 0 amide bonds. The van der Waals surface area contributed by atoms with Gasteiger partial charge in [-0.25, -0.2) is 0 Å². The van der Waals surface area contributed by atoms with Gasteiger partial charge in [0.15, 0.2) is 0 Å². The maximum absolute atomic E-state index is 12.3. The zero-order valence-electron chi connectivity index (χ0n) is 13.1. The van der Waals surface area contributed by atoms with Gasteiger partial charge in [-0.15, -0.1) is 13.2 Å². The molecule has 1 heterocycles. The average molecular weight is 339 g/mol. The van der Waals surface area contributed by atoms with Gasteiger partial charge in [0.1, 0.15) is 17.2 Å². The highest BCUT2D eigenvalue weighted by atomic mass is 19.4. The summed E-state index contributed by atoms with van der Waals surface area (Å²) in [6.45, 7) is 0. The van der Waals surface area contributed by atoms with E-state index in [1.165, 1.54) is 12.1 Å². The maximum Gasteiger partial charge on any atom is 0.573 e. The van der Waals surface area contributed by atoms with Crippen molar-refractivity contribution in [3.05, 3.63) is 47.5 Å². The molecule has 0 radical (unpaired) electrons. The molecule has 1 unspecified atom stereocenters. The topological polar surface area (TPSA) is 39.7 Å². The van der Waals surface area contributed by atoms with E-state index < -0.39 is 6.36 Å². The molecule has 3 rings (SSSR count). The number of anilines is 1. The van der Waals surface area contributed by atoms with Crippen molar-refractivity contribution in [1.82, 2.24) is 0 Å². The molecule has 0 saturated carbocycles. The molecule has 0 fully saturated rings. The lowest BCUT2D eigenvalue weighted by atomic mass is 10.0. The van der Waals surface area contributed by atoms with Crippen LogP contribution in [0.2, 0.25) is 0 Å². The van der Waals surface area contributed by atoms with E-state index in [1.54, 1.807) is 32.4 Å². The number of nitrogens with one attached hydrogen (secondary N) is 1. The number of alkyl halides is 3. The van der Waals surface area contributed by atoms with E-state index in [0.29, 0.717) is 17.9 Å². The van der Waals surface area contributed by atoms with Gasteiger partial charge in [-0.2, -0.15) is 0 Å². The number of hydrogen-bond donors (Lipinski definition) is 1. The lowest BCUT2D eigenvalue weighted by molar-refractivity contribution is -0.274. The third-order valence-electron chi connectivity index (χ3n) is 3.88. The van der Waals surface area contributed by atoms with E-state index >= 15 is 0 Å². The molecule has 1 aliphatic heterocycles. The molecule has 2 aromatic rings. The minimum absolute atomic E-state index is 0.119. The summed E-state index contributed by atoms with van der Waals surface area (Å²) in [6.07, 6.45) is -4.18. The maximum atomic E-state index is 12.3. The van der Waals surface area contributed by atoms with Crippen molar-refractivity contribution in [2.75, 3.05) is 19.5 Å². The van der Waals surface area contributed by atoms with E-state index in [-0.39, 0.29) is 11.8 Å². The molecule has 4 nitrogen and oxygen atoms in total. The summed E-state index contributed by atoms with van der Waals surface area (Å²) in [5.74, 6) is 1.15. The van der Waals surface area contributed by atoms with Gasteiger partial charge in [0.25, 0.3) is 0 Å². The van der Waals surface area contributed by atoms with Gasteiger partial charge < -0.3 is 19.5 Å². The summed E-state index contributed by atoms with van der Waals surface area (Å²) in [5.41, 5.74) is 2.41. The second kappa shape index (κ2) is 6.14. The molecular weight excluding hydrogens is 323 g/mol. The highest BCUT2D eigenvalue weighted by molar-refractivity contribution is 5.61. The van der Waals surface area contributed by atoms with Crippen molar-refractivity contribution in [2.24, 2.45) is 0 Å². The minimum Gasteiger partial charge on any atom is -0.497 e. The molecule has 0 spiro atoms. The standard InChI is InChI=1S/C17H16F3NO3/c1-22-11-4-6-16(23-2)13(9-11)15-8-10-7-12(24-17(18,19)20)3-5-14(10)21-15/h3-7,9,15,21H,8H2,1-2H3. The number of rotatable bonds is 4. The number of ether oxygens (including phenoxy) is 3. The Labute approximate surface area is 137 Å². The zero-order valence-corrected chi connectivity index (χ0v) is 13.1. The summed E-state index contributed by atoms with van der Waals surface area (Å²) in [4.78, 5) is 0. The van der Waals surface area contributed by atoms with Crippen LogP contribution in [0.25, 0.3) is 0 Å². The zero-order chi connectivity index (χ0) is 17.3. The molecule has 1 N–H and O–H groups in total. The van der Waals surface area contributed by atoms with Gasteiger partial charge in [0.2, 0.25) is 0 Å². The van der Waals surface area contributed by atoms with Gasteiger partial charge in [-0.3, -0.25) is 0 Å². The second-order valence-corrected chi connectivity index (χ2v) is 5.38. The Bertz CT molecular complexity index is 746. The number of fused-ring (bicyclic) bond motifs is 1. The third kappa shape index (κ3) is 3.34. The normalized spacial score (nSPS) is 16.3. The van der Waals surface area contributed by atoms with E-state index in [1.807, 2.05) is 6.07 Å². The number of benzene rings is 2. The van der Waals surface area contributed by atoms with Crippen molar-refractivity contribution in [3.63, 3.8) is 0 Å². The quantitative estimate of drug-likeness (QED) is 0.901. The summed E-state index contributed by atoms with van der Waals surface area (Å²) < 4.78 is 51.6. The van der Waals surface area contributed by atoms with Crippen LogP contribution in [-0.2, 0) is 6.42 Å². The van der Waals surface area contributed by atoms with Gasteiger partial charge in [0.05, 0.1) is 20.3 Å². The third-order valence-corrected chi connectivity index (χ3v) is 3.88. The van der Waals surface area contributed by atoms with Crippen molar-refractivity contribution >= 4 is 5.69 Å². The van der Waals surface area contributed by atoms with Gasteiger partial charge in [0, 0.05) is 11.3 Å². The van der Waals surface area contributed by atoms with Crippen LogP contribution in [0.5, 0.6) is 17.2 Å². The van der Waals surface area contributed by atoms with Crippen LogP contribution in [0.4, 0.5) is 18.9 Å². The Kier molecular flexibility index (Phi) is 4.17. The molecule has 7 heteroatoms. The molecule has 0 aromatic heterocycles. The first kappa shape index (κ1) is 16.3. The first-order chi connectivity index (χ1) is 11.4. The smallest absolute Gasteiger partial charge is 0.497 e. The lowest BCUT2D eigenvalue weighted by Gasteiger charge is -2.16. The molecule has 24 heavy (non-hydrogen) atoms. The van der Waals surface area contributed by atoms with Crippen molar-refractivity contribution < 1.29 is 27.4 Å². The molecule has 0 bridgehead atoms. The Hall–Kier alpha value is -2.57. The van der Waals surface area contributed by atoms with Gasteiger partial charge in [-0.05, 0) is 48.4 Å². The second-order valence-electron chi connectivity index (χ2n) is 5.38. The van der Waals surface area contributed by atoms with Crippen molar-refractivity contribution in [1.29, 1.82) is 0 Å². The van der Waals surface area contributed by atoms with E-state index in [0.717, 1.165) is 16.8 Å². The molecule has 1 atom stereocenters. The molecule has 0 saturated heterocycles. The summed E-state index contributed by atoms with van der Waals surface area (Å²) >= 11 is 0. The Morgan fingerprint density at radius 2 is 1.75 bits per heavy atom. The van der Waals surface area contributed by atoms with Crippen LogP contribution in [-0.4, -0.2) is 20.6 Å². The van der Waals surface area contributed by atoms with E-state index in [2.05, 4.69) is 10.1 Å². The predicted molar refractivity (Wildman–Crippen MR) is 82.7 cm³/mol. The summed E-state index contributed by atoms with van der Waals surface area (Å²) in [6, 6.07) is 9.62. The molecule has 128 valence electrons. The molecular formula is C17H16F3NO3. The van der Waals surface area contributed by atoms with Crippen LogP contribution in [0.1, 0.15) is 17.2 Å². The minimum atomic E-state index is -4.70. The van der Waals surface area contributed by atoms with Gasteiger partial charge >= 0.3 is 6.36 Å². The van der Waals surface area contributed by atoms with Crippen LogP contribution in [0.15, 0.2) is 36.4 Å². The van der Waals surface area contributed by atoms with Crippen LogP contribution in [0.3, 0.4) is 0 Å². The number of hydrogen-bond acceptors (Lipinski definition) is 4. The fraction of sp³-hybridized carbons (Fsp3) is 0.294. The van der Waals surface area contributed by atoms with E-state index in [9.17, 15) is 13.2 Å². The lowest BCUT2D eigenvalue weighted by Crippen LogP contribution is -2.17. The Balaban J connectivity index is 1.86. The molecule has 0 aliphatic carbocycles. The van der Waals surface area contributed by atoms with Crippen LogP contribution in [0, 0.1) is 0 Å². The average Bonchev–Trinajstić information content (AvgIpc) is 2.95. The van der Waals surface area contributed by atoms with Crippen molar-refractivity contribution in [3.8, 4) is 17.2 Å². The molecule has 2 aromatic carbocycles. The van der Waals surface area contributed by atoms with E-state index in [4.69, 9.17) is 9.47 Å². The van der Waals surface area contributed by atoms with Gasteiger partial charge in [-0.1, -0.05) is 0 Å². The first-order valence-electron chi connectivity index (χ1n) is 7.27. The largest absolute Gasteiger partial charge is 0.573 e. The number of halogens is 3. The summed E-state index contributed by atoms with van der Waals surface area (Å²) in [5, 5.41) is 3.29. The highest BCUT2D eigenvalue weighted by Gasteiger charge is 2.32. The SMILES string of the molecule is COc1ccc(OC)c(C2Cc3cc(OC(F)(F)F)ccc3N2)c1. The fourth-order valence-electron chi connectivity index (χ4n) is 2.83. The van der Waals surface area contributed by atoms with Crippen LogP contribution >= 0.6 is 0 Å². The Morgan fingerprint density at radius 3 is 2.42 bits per heavy atom. The number of methoxy groups -OCH3 is 2. The van der Waals surface area contributed by atoms with Crippen LogP contribution < -0.4 is 19.5 Å². The molecule has 1 aliphatic rings. The predicted octanol–water partition coefficient (Wildman–Crippen LogP) is 4.31. The fourth-order valence-corrected chi connectivity index (χ4v) is 2.83. The monoisotopic (exact) mass is 339 g/mol.